The number of aromatic nitrogens is 1. The normalized spacial score (nSPS) is 14.6. The number of nitrogens with zero attached hydrogens (tertiary/aromatic N) is 3. The van der Waals surface area contributed by atoms with Crippen molar-refractivity contribution in [3.63, 3.8) is 0 Å². The van der Waals surface area contributed by atoms with Crippen molar-refractivity contribution >= 4 is 12.0 Å². The van der Waals surface area contributed by atoms with E-state index in [4.69, 9.17) is 14.2 Å². The van der Waals surface area contributed by atoms with E-state index in [1.165, 1.54) is 0 Å². The lowest BCUT2D eigenvalue weighted by Crippen LogP contribution is -2.45. The molecule has 1 aliphatic heterocycles. The van der Waals surface area contributed by atoms with Crippen molar-refractivity contribution in [3.8, 4) is 17.2 Å². The van der Waals surface area contributed by atoms with E-state index in [-0.39, 0.29) is 0 Å². The van der Waals surface area contributed by atoms with Gasteiger partial charge in [0.1, 0.15) is 13.1 Å². The number of pyridine rings is 1. The number of hydrogen-bond acceptors (Lipinski definition) is 6. The standard InChI is InChI=1S/C19H24N4O3/c1-24-16-12-15(13-17(25-2)19(16)26-3)14-21-23-10-8-22(9-11-23)18-6-4-5-7-20-18/h4-7,12-14H,8-11H2,1-3H3/p+1/b21-14-. The van der Waals surface area contributed by atoms with Crippen LogP contribution in [-0.4, -0.2) is 58.7 Å². The van der Waals surface area contributed by atoms with Crippen LogP contribution in [-0.2, 0) is 0 Å². The number of anilines is 1. The highest BCUT2D eigenvalue weighted by Gasteiger charge is 2.22. The maximum Gasteiger partial charge on any atom is 0.274 e. The molecule has 0 atom stereocenters. The van der Waals surface area contributed by atoms with Crippen LogP contribution in [0.4, 0.5) is 5.82 Å². The zero-order valence-corrected chi connectivity index (χ0v) is 15.4. The Morgan fingerprint density at radius 2 is 1.65 bits per heavy atom. The lowest BCUT2D eigenvalue weighted by molar-refractivity contribution is -0.364. The van der Waals surface area contributed by atoms with Crippen LogP contribution in [0.25, 0.3) is 0 Å². The van der Waals surface area contributed by atoms with Crippen molar-refractivity contribution in [1.29, 1.82) is 0 Å². The van der Waals surface area contributed by atoms with Gasteiger partial charge in [-0.25, -0.2) is 4.98 Å². The van der Waals surface area contributed by atoms with E-state index in [9.17, 15) is 0 Å². The summed E-state index contributed by atoms with van der Waals surface area (Å²) in [4.78, 5) is 5.60. The summed E-state index contributed by atoms with van der Waals surface area (Å²) < 4.78 is 16.1. The Labute approximate surface area is 153 Å². The average molecular weight is 357 g/mol. The highest BCUT2D eigenvalue weighted by molar-refractivity contribution is 5.82. The number of ether oxygens (including phenoxy) is 3. The predicted molar refractivity (Wildman–Crippen MR) is 100 cm³/mol. The summed E-state index contributed by atoms with van der Waals surface area (Å²) in [7, 11) is 4.81. The number of nitrogens with one attached hydrogen (secondary N) is 1. The second-order valence-electron chi connectivity index (χ2n) is 5.89. The summed E-state index contributed by atoms with van der Waals surface area (Å²) in [5.41, 5.74) is 0.901. The number of benzene rings is 1. The summed E-state index contributed by atoms with van der Waals surface area (Å²) in [6.07, 6.45) is 3.78. The first kappa shape index (κ1) is 17.8. The topological polar surface area (TPSA) is 60.7 Å². The Morgan fingerprint density at radius 3 is 2.19 bits per heavy atom. The van der Waals surface area contributed by atoms with Crippen LogP contribution in [0.3, 0.4) is 0 Å². The van der Waals surface area contributed by atoms with Gasteiger partial charge in [0.05, 0.1) is 46.8 Å². The van der Waals surface area contributed by atoms with Crippen LogP contribution in [0.5, 0.6) is 17.2 Å². The van der Waals surface area contributed by atoms with Crippen LogP contribution in [0.15, 0.2) is 41.6 Å². The maximum absolute atomic E-state index is 5.38. The molecule has 3 rings (SSSR count). The Bertz CT molecular complexity index is 719. The molecule has 0 radical (unpaired) electrons. The molecule has 0 spiro atoms. The third-order valence-electron chi connectivity index (χ3n) is 4.35. The molecule has 1 N–H and O–H groups in total. The quantitative estimate of drug-likeness (QED) is 0.736. The lowest BCUT2D eigenvalue weighted by atomic mass is 10.2. The van der Waals surface area contributed by atoms with E-state index in [1.54, 1.807) is 21.3 Å². The van der Waals surface area contributed by atoms with Gasteiger partial charge < -0.3 is 14.2 Å². The Hall–Kier alpha value is -2.96. The third-order valence-corrected chi connectivity index (χ3v) is 4.35. The highest BCUT2D eigenvalue weighted by Crippen LogP contribution is 2.37. The van der Waals surface area contributed by atoms with Gasteiger partial charge in [-0.05, 0) is 18.2 Å². The Morgan fingerprint density at radius 1 is 0.962 bits per heavy atom. The number of methoxy groups -OCH3 is 3. The van der Waals surface area contributed by atoms with Gasteiger partial charge in [0.25, 0.3) is 5.82 Å². The van der Waals surface area contributed by atoms with Crippen LogP contribution in [0.1, 0.15) is 5.56 Å². The molecule has 7 heteroatoms. The van der Waals surface area contributed by atoms with Crippen LogP contribution in [0, 0.1) is 0 Å². The Kier molecular flexibility index (Phi) is 5.78. The molecule has 138 valence electrons. The van der Waals surface area contributed by atoms with Crippen molar-refractivity contribution in [1.82, 2.24) is 5.01 Å². The molecule has 0 saturated carbocycles. The number of hydrogen-bond donors (Lipinski definition) is 0. The molecule has 0 bridgehead atoms. The van der Waals surface area contributed by atoms with E-state index in [0.29, 0.717) is 17.2 Å². The molecule has 1 aromatic heterocycles. The number of H-pyrrole nitrogens is 1. The number of piperazine rings is 1. The molecule has 2 aromatic rings. The van der Waals surface area contributed by atoms with Crippen molar-refractivity contribution in [2.75, 3.05) is 52.4 Å². The second-order valence-corrected chi connectivity index (χ2v) is 5.89. The van der Waals surface area contributed by atoms with E-state index < -0.39 is 0 Å². The van der Waals surface area contributed by atoms with Crippen LogP contribution in [0.2, 0.25) is 0 Å². The molecule has 1 aromatic carbocycles. The lowest BCUT2D eigenvalue weighted by Gasteiger charge is -2.28. The molecule has 26 heavy (non-hydrogen) atoms. The van der Waals surface area contributed by atoms with E-state index in [2.05, 4.69) is 26.1 Å². The van der Waals surface area contributed by atoms with Gasteiger partial charge in [0.15, 0.2) is 11.5 Å². The van der Waals surface area contributed by atoms with Gasteiger partial charge in [-0.1, -0.05) is 6.07 Å². The molecule has 1 aliphatic rings. The molecule has 0 amide bonds. The molecular weight excluding hydrogens is 332 g/mol. The van der Waals surface area contributed by atoms with E-state index in [0.717, 1.165) is 37.6 Å². The zero-order chi connectivity index (χ0) is 18.4. The fourth-order valence-electron chi connectivity index (χ4n) is 2.96. The first-order valence-corrected chi connectivity index (χ1v) is 8.55. The largest absolute Gasteiger partial charge is 0.493 e. The number of hydrazone groups is 1. The molecular formula is C19H25N4O3+. The maximum atomic E-state index is 5.38. The molecule has 2 heterocycles. The van der Waals surface area contributed by atoms with Crippen LogP contribution >= 0.6 is 0 Å². The first-order valence-electron chi connectivity index (χ1n) is 8.55. The smallest absolute Gasteiger partial charge is 0.274 e. The summed E-state index contributed by atoms with van der Waals surface area (Å²) in [5, 5.41) is 6.68. The summed E-state index contributed by atoms with van der Waals surface area (Å²) >= 11 is 0. The van der Waals surface area contributed by atoms with Gasteiger partial charge in [-0.3, -0.25) is 9.91 Å². The fraction of sp³-hybridized carbons (Fsp3) is 0.368. The second kappa shape index (κ2) is 8.42. The number of aromatic amines is 1. The van der Waals surface area contributed by atoms with Crippen molar-refractivity contribution in [3.05, 3.63) is 42.1 Å². The highest BCUT2D eigenvalue weighted by atomic mass is 16.5. The van der Waals surface area contributed by atoms with Gasteiger partial charge in [0.2, 0.25) is 5.75 Å². The molecule has 1 saturated heterocycles. The molecule has 1 fully saturated rings. The number of rotatable bonds is 6. The minimum Gasteiger partial charge on any atom is -0.493 e. The monoisotopic (exact) mass is 357 g/mol. The van der Waals surface area contributed by atoms with Gasteiger partial charge in [-0.2, -0.15) is 5.10 Å². The van der Waals surface area contributed by atoms with Gasteiger partial charge >= 0.3 is 0 Å². The van der Waals surface area contributed by atoms with Crippen LogP contribution < -0.4 is 24.1 Å². The minimum absolute atomic E-state index is 0.583. The minimum atomic E-state index is 0.583. The summed E-state index contributed by atoms with van der Waals surface area (Å²) in [5.74, 6) is 2.97. The van der Waals surface area contributed by atoms with E-state index >= 15 is 0 Å². The molecule has 0 unspecified atom stereocenters. The van der Waals surface area contributed by atoms with Crippen molar-refractivity contribution in [2.45, 2.75) is 0 Å². The van der Waals surface area contributed by atoms with Gasteiger partial charge in [0, 0.05) is 11.6 Å². The van der Waals surface area contributed by atoms with E-state index in [1.807, 2.05) is 36.7 Å². The van der Waals surface area contributed by atoms with Crippen molar-refractivity contribution < 1.29 is 19.2 Å². The van der Waals surface area contributed by atoms with Gasteiger partial charge in [-0.15, -0.1) is 0 Å². The Balaban J connectivity index is 1.66. The fourth-order valence-corrected chi connectivity index (χ4v) is 2.96. The van der Waals surface area contributed by atoms with Crippen molar-refractivity contribution in [2.24, 2.45) is 5.10 Å². The molecule has 0 aliphatic carbocycles. The SMILES string of the molecule is COc1cc(/C=N\N2CCN(c3cccc[nH+]3)CC2)cc(OC)c1OC. The average Bonchev–Trinajstić information content (AvgIpc) is 2.72. The third kappa shape index (κ3) is 3.99. The molecule has 7 nitrogen and oxygen atoms in total. The summed E-state index contributed by atoms with van der Waals surface area (Å²) in [6, 6.07) is 9.90. The first-order chi connectivity index (χ1) is 12.7. The zero-order valence-electron chi connectivity index (χ0n) is 15.4. The summed E-state index contributed by atoms with van der Waals surface area (Å²) in [6.45, 7) is 3.58. The predicted octanol–water partition coefficient (Wildman–Crippen LogP) is 1.68.